The highest BCUT2D eigenvalue weighted by Crippen LogP contribution is 2.16. The van der Waals surface area contributed by atoms with Gasteiger partial charge in [-0.15, -0.1) is 5.10 Å². The Morgan fingerprint density at radius 1 is 1.05 bits per heavy atom. The number of hydrogen-bond donors (Lipinski definition) is 3. The van der Waals surface area contributed by atoms with Crippen LogP contribution < -0.4 is 16.2 Å². The van der Waals surface area contributed by atoms with Gasteiger partial charge in [0.15, 0.2) is 0 Å². The van der Waals surface area contributed by atoms with Crippen LogP contribution in [0.15, 0.2) is 69.7 Å². The normalized spacial score (nSPS) is 11.3. The number of rotatable bonds is 5. The molecule has 0 amide bonds. The summed E-state index contributed by atoms with van der Waals surface area (Å²) in [7, 11) is -3.63. The first kappa shape index (κ1) is 15.5. The molecule has 0 aliphatic heterocycles. The number of sulfonamides is 1. The zero-order valence-electron chi connectivity index (χ0n) is 11.5. The van der Waals surface area contributed by atoms with Gasteiger partial charge in [0, 0.05) is 5.69 Å². The van der Waals surface area contributed by atoms with Crippen LogP contribution in [0.25, 0.3) is 0 Å². The smallest absolute Gasteiger partial charge is 0.261 e. The highest BCUT2D eigenvalue weighted by molar-refractivity contribution is 7.92. The number of nitrogens with zero attached hydrogens (tertiary/aromatic N) is 2. The van der Waals surface area contributed by atoms with Crippen LogP contribution in [0.4, 0.5) is 5.69 Å². The molecule has 0 atom stereocenters. The minimum atomic E-state index is -3.63. The van der Waals surface area contributed by atoms with Gasteiger partial charge in [-0.1, -0.05) is 30.3 Å². The second kappa shape index (κ2) is 6.72. The maximum Gasteiger partial charge on any atom is 0.261 e. The summed E-state index contributed by atoms with van der Waals surface area (Å²) in [5, 5.41) is 7.15. The van der Waals surface area contributed by atoms with Crippen molar-refractivity contribution in [2.45, 2.75) is 4.90 Å². The Balaban J connectivity index is 2.21. The van der Waals surface area contributed by atoms with E-state index < -0.39 is 10.0 Å². The first-order valence-corrected chi connectivity index (χ1v) is 7.75. The van der Waals surface area contributed by atoms with E-state index in [9.17, 15) is 8.42 Å². The van der Waals surface area contributed by atoms with Crippen molar-refractivity contribution in [1.29, 1.82) is 0 Å². The van der Waals surface area contributed by atoms with Gasteiger partial charge >= 0.3 is 0 Å². The summed E-state index contributed by atoms with van der Waals surface area (Å²) in [6.07, 6.45) is 1.42. The van der Waals surface area contributed by atoms with Crippen molar-refractivity contribution in [3.63, 3.8) is 0 Å². The van der Waals surface area contributed by atoms with Gasteiger partial charge in [-0.05, 0) is 29.8 Å². The van der Waals surface area contributed by atoms with Gasteiger partial charge in [0.1, 0.15) is 0 Å². The van der Waals surface area contributed by atoms with Crippen molar-refractivity contribution < 1.29 is 8.42 Å². The van der Waals surface area contributed by atoms with Crippen molar-refractivity contribution in [2.24, 2.45) is 21.7 Å². The third-order valence-corrected chi connectivity index (χ3v) is 3.97. The third-order valence-electron chi connectivity index (χ3n) is 2.57. The zero-order chi connectivity index (χ0) is 16.0. The van der Waals surface area contributed by atoms with Gasteiger partial charge < -0.3 is 11.5 Å². The monoisotopic (exact) mass is 317 g/mol. The maximum absolute atomic E-state index is 12.2. The molecule has 0 aliphatic carbocycles. The van der Waals surface area contributed by atoms with Crippen LogP contribution in [0, 0.1) is 0 Å². The Labute approximate surface area is 128 Å². The standard InChI is InChI=1S/C14H15N5O2S/c15-14(16)18-17-10-11-5-4-6-12(9-11)19-22(20,21)13-7-2-1-3-8-13/h1-10,19H,(H4,15,16,18). The molecule has 0 saturated heterocycles. The van der Waals surface area contributed by atoms with Crippen molar-refractivity contribution in [3.05, 3.63) is 60.2 Å². The van der Waals surface area contributed by atoms with Crippen molar-refractivity contribution in [1.82, 2.24) is 0 Å². The largest absolute Gasteiger partial charge is 0.369 e. The lowest BCUT2D eigenvalue weighted by molar-refractivity contribution is 0.601. The summed E-state index contributed by atoms with van der Waals surface area (Å²) in [4.78, 5) is 0.189. The number of benzene rings is 2. The number of guanidine groups is 1. The molecule has 114 valence electrons. The fourth-order valence-corrected chi connectivity index (χ4v) is 2.73. The van der Waals surface area contributed by atoms with Gasteiger partial charge in [0.25, 0.3) is 10.0 Å². The molecule has 7 nitrogen and oxygen atoms in total. The molecule has 2 aromatic rings. The van der Waals surface area contributed by atoms with Crippen molar-refractivity contribution >= 4 is 27.9 Å². The van der Waals surface area contributed by atoms with Crippen molar-refractivity contribution in [3.8, 4) is 0 Å². The second-order valence-electron chi connectivity index (χ2n) is 4.31. The summed E-state index contributed by atoms with van der Waals surface area (Å²) in [6, 6.07) is 14.8. The van der Waals surface area contributed by atoms with E-state index in [0.717, 1.165) is 0 Å². The molecular formula is C14H15N5O2S. The van der Waals surface area contributed by atoms with Gasteiger partial charge in [-0.25, -0.2) is 8.42 Å². The van der Waals surface area contributed by atoms with E-state index in [1.54, 1.807) is 42.5 Å². The lowest BCUT2D eigenvalue weighted by atomic mass is 10.2. The van der Waals surface area contributed by atoms with E-state index in [1.165, 1.54) is 18.3 Å². The highest BCUT2D eigenvalue weighted by Gasteiger charge is 2.13. The molecule has 0 saturated carbocycles. The summed E-state index contributed by atoms with van der Waals surface area (Å²) in [5.74, 6) is -0.155. The lowest BCUT2D eigenvalue weighted by Crippen LogP contribution is -2.21. The van der Waals surface area contributed by atoms with E-state index in [2.05, 4.69) is 14.9 Å². The molecule has 8 heteroatoms. The quantitative estimate of drug-likeness (QED) is 0.434. The van der Waals surface area contributed by atoms with Crippen LogP contribution >= 0.6 is 0 Å². The SMILES string of the molecule is NC(N)=NN=Cc1cccc(NS(=O)(=O)c2ccccc2)c1. The summed E-state index contributed by atoms with van der Waals surface area (Å²) in [6.45, 7) is 0. The predicted molar refractivity (Wildman–Crippen MR) is 87.1 cm³/mol. The molecule has 0 fully saturated rings. The first-order valence-electron chi connectivity index (χ1n) is 6.27. The molecule has 5 N–H and O–H groups in total. The molecule has 0 heterocycles. The summed E-state index contributed by atoms with van der Waals surface area (Å²) < 4.78 is 26.9. The second-order valence-corrected chi connectivity index (χ2v) is 6.00. The van der Waals surface area contributed by atoms with Gasteiger partial charge in [0.05, 0.1) is 11.1 Å². The van der Waals surface area contributed by atoms with Crippen molar-refractivity contribution in [2.75, 3.05) is 4.72 Å². The van der Waals surface area contributed by atoms with Crippen LogP contribution in [0.2, 0.25) is 0 Å². The molecule has 0 bridgehead atoms. The van der Waals surface area contributed by atoms with Crippen LogP contribution in [0.1, 0.15) is 5.56 Å². The fourth-order valence-electron chi connectivity index (χ4n) is 1.66. The minimum Gasteiger partial charge on any atom is -0.369 e. The Morgan fingerprint density at radius 2 is 1.77 bits per heavy atom. The number of anilines is 1. The van der Waals surface area contributed by atoms with Gasteiger partial charge in [-0.2, -0.15) is 5.10 Å². The Hall–Kier alpha value is -2.87. The number of nitrogens with two attached hydrogens (primary N) is 2. The average Bonchev–Trinajstić information content (AvgIpc) is 2.48. The van der Waals surface area contributed by atoms with Crippen LogP contribution in [0.5, 0.6) is 0 Å². The minimum absolute atomic E-state index is 0.155. The topological polar surface area (TPSA) is 123 Å². The molecule has 2 aromatic carbocycles. The number of nitrogens with one attached hydrogen (secondary N) is 1. The highest BCUT2D eigenvalue weighted by atomic mass is 32.2. The molecule has 0 unspecified atom stereocenters. The van der Waals surface area contributed by atoms with E-state index >= 15 is 0 Å². The van der Waals surface area contributed by atoms with Crippen LogP contribution in [-0.4, -0.2) is 20.6 Å². The van der Waals surface area contributed by atoms with E-state index in [-0.39, 0.29) is 10.9 Å². The zero-order valence-corrected chi connectivity index (χ0v) is 12.4. The number of hydrogen-bond acceptors (Lipinski definition) is 4. The molecule has 0 spiro atoms. The first-order chi connectivity index (χ1) is 10.5. The fraction of sp³-hybridized carbons (Fsp3) is 0. The Kier molecular flexibility index (Phi) is 4.74. The van der Waals surface area contributed by atoms with Gasteiger partial charge in [0.2, 0.25) is 5.96 Å². The molecule has 22 heavy (non-hydrogen) atoms. The van der Waals surface area contributed by atoms with E-state index in [1.807, 2.05) is 0 Å². The molecule has 0 aliphatic rings. The maximum atomic E-state index is 12.2. The van der Waals surface area contributed by atoms with E-state index in [0.29, 0.717) is 11.3 Å². The predicted octanol–water partition coefficient (Wildman–Crippen LogP) is 1.09. The Bertz CT molecular complexity index is 797. The molecule has 0 aromatic heterocycles. The average molecular weight is 317 g/mol. The van der Waals surface area contributed by atoms with Crippen LogP contribution in [-0.2, 0) is 10.0 Å². The van der Waals surface area contributed by atoms with Gasteiger partial charge in [-0.3, -0.25) is 4.72 Å². The molecular weight excluding hydrogens is 302 g/mol. The summed E-state index contributed by atoms with van der Waals surface area (Å²) >= 11 is 0. The molecule has 0 radical (unpaired) electrons. The lowest BCUT2D eigenvalue weighted by Gasteiger charge is -2.08. The van der Waals surface area contributed by atoms with E-state index in [4.69, 9.17) is 11.5 Å². The van der Waals surface area contributed by atoms with Crippen LogP contribution in [0.3, 0.4) is 0 Å². The third kappa shape index (κ3) is 4.32. The Morgan fingerprint density at radius 3 is 2.45 bits per heavy atom. The molecule has 2 rings (SSSR count). The summed E-state index contributed by atoms with van der Waals surface area (Å²) in [5.41, 5.74) is 11.4.